The zero-order chi connectivity index (χ0) is 11.6. The van der Waals surface area contributed by atoms with Gasteiger partial charge in [0.15, 0.2) is 0 Å². The molecule has 1 aromatic rings. The third-order valence-electron chi connectivity index (χ3n) is 2.05. The molecule has 0 heterocycles. The first kappa shape index (κ1) is 11.2. The lowest BCUT2D eigenvalue weighted by Gasteiger charge is -2.05. The minimum atomic E-state index is -0.681. The van der Waals surface area contributed by atoms with E-state index >= 15 is 0 Å². The number of methoxy groups -OCH3 is 1. The number of nitro groups is 1. The van der Waals surface area contributed by atoms with Crippen molar-refractivity contribution in [3.05, 3.63) is 38.9 Å². The molecule has 5 heteroatoms. The van der Waals surface area contributed by atoms with E-state index in [2.05, 4.69) is 4.74 Å². The van der Waals surface area contributed by atoms with Crippen molar-refractivity contribution in [2.24, 2.45) is 0 Å². The summed E-state index contributed by atoms with van der Waals surface area (Å²) in [5, 5.41) is 10.7. The smallest absolute Gasteiger partial charge is 0.345 e. The quantitative estimate of drug-likeness (QED) is 0.424. The van der Waals surface area contributed by atoms with Crippen LogP contribution in [0.2, 0.25) is 0 Å². The lowest BCUT2D eigenvalue weighted by Crippen LogP contribution is -2.08. The molecule has 0 saturated carbocycles. The molecule has 1 rings (SSSR count). The fraction of sp³-hybridized carbons (Fsp3) is 0.300. The summed E-state index contributed by atoms with van der Waals surface area (Å²) in [5.41, 5.74) is 1.10. The van der Waals surface area contributed by atoms with Gasteiger partial charge >= 0.3 is 5.97 Å². The fourth-order valence-corrected chi connectivity index (χ4v) is 1.46. The first-order valence-corrected chi connectivity index (χ1v) is 4.31. The summed E-state index contributed by atoms with van der Waals surface area (Å²) in [6, 6.07) is 3.07. The molecule has 0 radical (unpaired) electrons. The minimum absolute atomic E-state index is 0.0214. The number of hydrogen-bond donors (Lipinski definition) is 0. The Morgan fingerprint density at radius 3 is 2.47 bits per heavy atom. The number of esters is 1. The summed E-state index contributed by atoms with van der Waals surface area (Å²) in [5.74, 6) is -0.681. The number of nitrogens with zero attached hydrogens (tertiary/aromatic N) is 1. The third kappa shape index (κ3) is 2.12. The summed E-state index contributed by atoms with van der Waals surface area (Å²) < 4.78 is 4.50. The van der Waals surface area contributed by atoms with Gasteiger partial charge in [0.2, 0.25) is 0 Å². The number of rotatable bonds is 2. The van der Waals surface area contributed by atoms with Crippen molar-refractivity contribution in [3.63, 3.8) is 0 Å². The Morgan fingerprint density at radius 2 is 2.00 bits per heavy atom. The van der Waals surface area contributed by atoms with Crippen LogP contribution in [0.1, 0.15) is 21.5 Å². The SMILES string of the molecule is COC(=O)c1c(C)cc(C)cc1[N+](=O)[O-]. The highest BCUT2D eigenvalue weighted by Crippen LogP contribution is 2.24. The van der Waals surface area contributed by atoms with E-state index in [9.17, 15) is 14.9 Å². The average molecular weight is 209 g/mol. The van der Waals surface area contributed by atoms with Crippen LogP contribution in [0.3, 0.4) is 0 Å². The molecule has 0 aromatic heterocycles. The Bertz CT molecular complexity index is 426. The van der Waals surface area contributed by atoms with Crippen molar-refractivity contribution in [2.45, 2.75) is 13.8 Å². The first-order chi connectivity index (χ1) is 6.97. The monoisotopic (exact) mass is 209 g/mol. The largest absolute Gasteiger partial charge is 0.465 e. The van der Waals surface area contributed by atoms with E-state index in [1.165, 1.54) is 13.2 Å². The predicted molar refractivity (Wildman–Crippen MR) is 53.9 cm³/mol. The van der Waals surface area contributed by atoms with Gasteiger partial charge in [0, 0.05) is 6.07 Å². The van der Waals surface area contributed by atoms with Crippen molar-refractivity contribution in [1.82, 2.24) is 0 Å². The molecule has 80 valence electrons. The highest BCUT2D eigenvalue weighted by atomic mass is 16.6. The Morgan fingerprint density at radius 1 is 1.40 bits per heavy atom. The normalized spacial score (nSPS) is 9.80. The topological polar surface area (TPSA) is 69.4 Å². The Labute approximate surface area is 86.8 Å². The standard InChI is InChI=1S/C10H11NO4/c1-6-4-7(2)9(10(12)15-3)8(5-6)11(13)14/h4-5H,1-3H3. The summed E-state index contributed by atoms with van der Waals surface area (Å²) in [6.07, 6.45) is 0. The fourth-order valence-electron chi connectivity index (χ4n) is 1.46. The maximum Gasteiger partial charge on any atom is 0.345 e. The van der Waals surface area contributed by atoms with Gasteiger partial charge in [0.25, 0.3) is 5.69 Å². The van der Waals surface area contributed by atoms with Crippen LogP contribution >= 0.6 is 0 Å². The average Bonchev–Trinajstić information content (AvgIpc) is 2.15. The van der Waals surface area contributed by atoms with Crippen LogP contribution in [0.25, 0.3) is 0 Å². The summed E-state index contributed by atoms with van der Waals surface area (Å²) in [6.45, 7) is 3.38. The molecule has 0 aliphatic rings. The van der Waals surface area contributed by atoms with E-state index in [4.69, 9.17) is 0 Å². The van der Waals surface area contributed by atoms with Gasteiger partial charge in [-0.2, -0.15) is 0 Å². The van der Waals surface area contributed by atoms with Gasteiger partial charge in [-0.1, -0.05) is 6.07 Å². The van der Waals surface area contributed by atoms with E-state index in [-0.39, 0.29) is 11.3 Å². The van der Waals surface area contributed by atoms with Crippen molar-refractivity contribution < 1.29 is 14.5 Å². The molecule has 0 aliphatic carbocycles. The predicted octanol–water partition coefficient (Wildman–Crippen LogP) is 2.00. The van der Waals surface area contributed by atoms with Gasteiger partial charge in [-0.3, -0.25) is 10.1 Å². The van der Waals surface area contributed by atoms with Gasteiger partial charge in [0.05, 0.1) is 12.0 Å². The summed E-state index contributed by atoms with van der Waals surface area (Å²) in [4.78, 5) is 21.5. The van der Waals surface area contributed by atoms with Crippen LogP contribution in [0, 0.1) is 24.0 Å². The number of carbonyl (C=O) groups excluding carboxylic acids is 1. The highest BCUT2D eigenvalue weighted by Gasteiger charge is 2.23. The van der Waals surface area contributed by atoms with Crippen molar-refractivity contribution >= 4 is 11.7 Å². The van der Waals surface area contributed by atoms with Gasteiger partial charge in [-0.15, -0.1) is 0 Å². The second-order valence-corrected chi connectivity index (χ2v) is 3.22. The lowest BCUT2D eigenvalue weighted by atomic mass is 10.0. The van der Waals surface area contributed by atoms with Crippen LogP contribution < -0.4 is 0 Å². The van der Waals surface area contributed by atoms with Gasteiger partial charge in [-0.05, 0) is 25.0 Å². The zero-order valence-corrected chi connectivity index (χ0v) is 8.73. The third-order valence-corrected chi connectivity index (χ3v) is 2.05. The van der Waals surface area contributed by atoms with Gasteiger partial charge in [-0.25, -0.2) is 4.79 Å². The van der Waals surface area contributed by atoms with Crippen LogP contribution in [-0.4, -0.2) is 18.0 Å². The number of ether oxygens (including phenoxy) is 1. The molecule has 0 atom stereocenters. The molecule has 5 nitrogen and oxygen atoms in total. The summed E-state index contributed by atoms with van der Waals surface area (Å²) in [7, 11) is 1.20. The molecule has 1 aromatic carbocycles. The van der Waals surface area contributed by atoms with E-state index in [0.29, 0.717) is 5.56 Å². The van der Waals surface area contributed by atoms with Crippen LogP contribution in [0.5, 0.6) is 0 Å². The molecular weight excluding hydrogens is 198 g/mol. The molecule has 0 fully saturated rings. The van der Waals surface area contributed by atoms with E-state index in [0.717, 1.165) is 5.56 Å². The second-order valence-electron chi connectivity index (χ2n) is 3.22. The van der Waals surface area contributed by atoms with Crippen molar-refractivity contribution in [3.8, 4) is 0 Å². The number of carbonyl (C=O) groups is 1. The van der Waals surface area contributed by atoms with Crippen LogP contribution in [-0.2, 0) is 4.74 Å². The molecule has 0 amide bonds. The Kier molecular flexibility index (Phi) is 3.04. The van der Waals surface area contributed by atoms with Crippen LogP contribution in [0.15, 0.2) is 12.1 Å². The number of benzene rings is 1. The minimum Gasteiger partial charge on any atom is -0.465 e. The maximum absolute atomic E-state index is 11.3. The summed E-state index contributed by atoms with van der Waals surface area (Å²) >= 11 is 0. The Hall–Kier alpha value is -1.91. The second kappa shape index (κ2) is 4.08. The molecule has 0 N–H and O–H groups in total. The highest BCUT2D eigenvalue weighted by molar-refractivity contribution is 5.95. The number of hydrogen-bond acceptors (Lipinski definition) is 4. The number of aryl methyl sites for hydroxylation is 2. The molecule has 0 aliphatic heterocycles. The van der Waals surface area contributed by atoms with E-state index in [1.54, 1.807) is 19.9 Å². The molecule has 0 spiro atoms. The number of nitro benzene ring substituents is 1. The van der Waals surface area contributed by atoms with Crippen molar-refractivity contribution in [1.29, 1.82) is 0 Å². The van der Waals surface area contributed by atoms with Gasteiger partial charge < -0.3 is 4.74 Å². The lowest BCUT2D eigenvalue weighted by molar-refractivity contribution is -0.385. The molecule has 0 saturated heterocycles. The Balaban J connectivity index is 3.46. The maximum atomic E-state index is 11.3. The van der Waals surface area contributed by atoms with Crippen molar-refractivity contribution in [2.75, 3.05) is 7.11 Å². The van der Waals surface area contributed by atoms with E-state index < -0.39 is 10.9 Å². The molecule has 0 unspecified atom stereocenters. The molecular formula is C10H11NO4. The zero-order valence-electron chi connectivity index (χ0n) is 8.73. The molecule has 15 heavy (non-hydrogen) atoms. The first-order valence-electron chi connectivity index (χ1n) is 4.31. The van der Waals surface area contributed by atoms with Crippen LogP contribution in [0.4, 0.5) is 5.69 Å². The van der Waals surface area contributed by atoms with Gasteiger partial charge in [0.1, 0.15) is 5.56 Å². The van der Waals surface area contributed by atoms with E-state index in [1.807, 2.05) is 0 Å². The molecule has 0 bridgehead atoms.